The van der Waals surface area contributed by atoms with E-state index in [0.29, 0.717) is 23.6 Å². The Bertz CT molecular complexity index is 623. The molecule has 0 radical (unpaired) electrons. The quantitative estimate of drug-likeness (QED) is 0.791. The lowest BCUT2D eigenvalue weighted by atomic mass is 10.2. The van der Waals surface area contributed by atoms with E-state index in [0.717, 1.165) is 5.52 Å². The number of rotatable bonds is 3. The molecule has 6 nitrogen and oxygen atoms in total. The average molecular weight is 229 g/mol. The molecule has 4 N–H and O–H groups in total. The maximum Gasteiger partial charge on any atom is 0.219 e. The van der Waals surface area contributed by atoms with Crippen LogP contribution in [-0.4, -0.2) is 15.5 Å². The van der Waals surface area contributed by atoms with Crippen LogP contribution in [0.5, 0.6) is 0 Å². The fourth-order valence-electron chi connectivity index (χ4n) is 1.67. The van der Waals surface area contributed by atoms with E-state index in [1.165, 1.54) is 0 Å². The molecule has 0 atom stereocenters. The molecule has 1 heterocycles. The lowest BCUT2D eigenvalue weighted by Crippen LogP contribution is -2.14. The molecular formula is C11H11N5O. The highest BCUT2D eigenvalue weighted by Gasteiger charge is 2.09. The minimum absolute atomic E-state index is 0.187. The van der Waals surface area contributed by atoms with Crippen molar-refractivity contribution in [2.45, 2.75) is 13.0 Å². The van der Waals surface area contributed by atoms with Gasteiger partial charge in [0.2, 0.25) is 11.9 Å². The molecule has 0 saturated carbocycles. The zero-order chi connectivity index (χ0) is 12.4. The van der Waals surface area contributed by atoms with Crippen LogP contribution in [0.3, 0.4) is 0 Å². The summed E-state index contributed by atoms with van der Waals surface area (Å²) in [5, 5.41) is 8.83. The largest absolute Gasteiger partial charge is 0.370 e. The van der Waals surface area contributed by atoms with Crippen LogP contribution in [0.4, 0.5) is 5.95 Å². The average Bonchev–Trinajstić information content (AvgIpc) is 2.61. The standard InChI is InChI=1S/C11H11N5O/c12-6-7-1-2-8-9(5-7)16(11(14)15-8)4-3-10(13)17/h1-2,5H,3-4H2,(H2,13,17)(H2,14,15). The third-order valence-electron chi connectivity index (χ3n) is 2.49. The molecule has 0 unspecified atom stereocenters. The molecule has 0 aliphatic heterocycles. The molecule has 2 rings (SSSR count). The molecule has 0 aliphatic carbocycles. The van der Waals surface area contributed by atoms with Gasteiger partial charge in [-0.05, 0) is 18.2 Å². The molecule has 0 spiro atoms. The van der Waals surface area contributed by atoms with Crippen LogP contribution in [0.25, 0.3) is 11.0 Å². The highest BCUT2D eigenvalue weighted by molar-refractivity contribution is 5.80. The first kappa shape index (κ1) is 11.0. The van der Waals surface area contributed by atoms with Crippen LogP contribution < -0.4 is 11.5 Å². The Hall–Kier alpha value is -2.55. The predicted molar refractivity (Wildman–Crippen MR) is 62.7 cm³/mol. The number of hydrogen-bond acceptors (Lipinski definition) is 4. The molecule has 0 aliphatic rings. The molecule has 6 heteroatoms. The van der Waals surface area contributed by atoms with Gasteiger partial charge in [0.1, 0.15) is 0 Å². The summed E-state index contributed by atoms with van der Waals surface area (Å²) in [6.07, 6.45) is 0.187. The van der Waals surface area contributed by atoms with Gasteiger partial charge < -0.3 is 16.0 Å². The Morgan fingerprint density at radius 2 is 2.29 bits per heavy atom. The van der Waals surface area contributed by atoms with Crippen LogP contribution in [-0.2, 0) is 11.3 Å². The maximum absolute atomic E-state index is 10.8. The van der Waals surface area contributed by atoms with Gasteiger partial charge in [0.25, 0.3) is 0 Å². The fourth-order valence-corrected chi connectivity index (χ4v) is 1.67. The van der Waals surface area contributed by atoms with E-state index < -0.39 is 5.91 Å². The van der Waals surface area contributed by atoms with Gasteiger partial charge in [-0.3, -0.25) is 4.79 Å². The summed E-state index contributed by atoms with van der Waals surface area (Å²) >= 11 is 0. The number of hydrogen-bond donors (Lipinski definition) is 2. The van der Waals surface area contributed by atoms with E-state index in [1.54, 1.807) is 22.8 Å². The lowest BCUT2D eigenvalue weighted by Gasteiger charge is -2.04. The Morgan fingerprint density at radius 3 is 2.94 bits per heavy atom. The van der Waals surface area contributed by atoms with Crippen molar-refractivity contribution in [3.05, 3.63) is 23.8 Å². The highest BCUT2D eigenvalue weighted by atomic mass is 16.1. The second-order valence-electron chi connectivity index (χ2n) is 3.65. The molecule has 2 aromatic rings. The summed E-state index contributed by atoms with van der Waals surface area (Å²) in [7, 11) is 0. The SMILES string of the molecule is N#Cc1ccc2nc(N)n(CCC(N)=O)c2c1. The number of fused-ring (bicyclic) bond motifs is 1. The molecule has 0 fully saturated rings. The monoisotopic (exact) mass is 229 g/mol. The molecular weight excluding hydrogens is 218 g/mol. The predicted octanol–water partition coefficient (Wildman–Crippen LogP) is 0.366. The first-order valence-corrected chi connectivity index (χ1v) is 5.06. The number of amides is 1. The second-order valence-corrected chi connectivity index (χ2v) is 3.65. The molecule has 1 aromatic heterocycles. The van der Waals surface area contributed by atoms with Gasteiger partial charge in [-0.2, -0.15) is 5.26 Å². The van der Waals surface area contributed by atoms with Crippen molar-refractivity contribution in [1.82, 2.24) is 9.55 Å². The van der Waals surface area contributed by atoms with Crippen LogP contribution in [0.15, 0.2) is 18.2 Å². The number of nitrogens with zero attached hydrogens (tertiary/aromatic N) is 3. The van der Waals surface area contributed by atoms with Crippen LogP contribution >= 0.6 is 0 Å². The summed E-state index contributed by atoms with van der Waals surface area (Å²) in [6, 6.07) is 7.14. The van der Waals surface area contributed by atoms with E-state index in [2.05, 4.69) is 4.98 Å². The number of carbonyl (C=O) groups excluding carboxylic acids is 1. The zero-order valence-electron chi connectivity index (χ0n) is 9.05. The van der Waals surface area contributed by atoms with Crippen LogP contribution in [0.1, 0.15) is 12.0 Å². The van der Waals surface area contributed by atoms with Crippen molar-refractivity contribution in [2.24, 2.45) is 5.73 Å². The first-order valence-electron chi connectivity index (χ1n) is 5.06. The van der Waals surface area contributed by atoms with Gasteiger partial charge in [0.05, 0.1) is 22.7 Å². The maximum atomic E-state index is 10.8. The van der Waals surface area contributed by atoms with Crippen molar-refractivity contribution in [3.63, 3.8) is 0 Å². The number of benzene rings is 1. The Labute approximate surface area is 97.4 Å². The number of anilines is 1. The molecule has 0 bridgehead atoms. The summed E-state index contributed by atoms with van der Waals surface area (Å²) in [6.45, 7) is 0.368. The fraction of sp³-hybridized carbons (Fsp3) is 0.182. The van der Waals surface area contributed by atoms with Crippen LogP contribution in [0.2, 0.25) is 0 Å². The van der Waals surface area contributed by atoms with Crippen molar-refractivity contribution in [2.75, 3.05) is 5.73 Å². The number of aromatic nitrogens is 2. The second kappa shape index (κ2) is 4.14. The summed E-state index contributed by atoms with van der Waals surface area (Å²) in [5.74, 6) is -0.0842. The van der Waals surface area contributed by atoms with Crippen molar-refractivity contribution >= 4 is 22.9 Å². The number of primary amides is 1. The van der Waals surface area contributed by atoms with Crippen molar-refractivity contribution in [1.29, 1.82) is 5.26 Å². The van der Waals surface area contributed by atoms with E-state index in [1.807, 2.05) is 6.07 Å². The number of imidazole rings is 1. The van der Waals surface area contributed by atoms with Gasteiger partial charge in [-0.25, -0.2) is 4.98 Å². The number of carbonyl (C=O) groups is 1. The number of aryl methyl sites for hydroxylation is 1. The van der Waals surface area contributed by atoms with Crippen molar-refractivity contribution < 1.29 is 4.79 Å². The third-order valence-corrected chi connectivity index (χ3v) is 2.49. The molecule has 1 amide bonds. The van der Waals surface area contributed by atoms with Gasteiger partial charge in [-0.15, -0.1) is 0 Å². The molecule has 1 aromatic carbocycles. The Kier molecular flexibility index (Phi) is 2.66. The molecule has 0 saturated heterocycles. The van der Waals surface area contributed by atoms with E-state index in [9.17, 15) is 4.79 Å². The Balaban J connectivity index is 2.49. The molecule has 86 valence electrons. The number of nitriles is 1. The lowest BCUT2D eigenvalue weighted by molar-refractivity contribution is -0.118. The van der Waals surface area contributed by atoms with Gasteiger partial charge in [0.15, 0.2) is 0 Å². The van der Waals surface area contributed by atoms with E-state index >= 15 is 0 Å². The Morgan fingerprint density at radius 1 is 1.53 bits per heavy atom. The minimum atomic E-state index is -0.400. The normalized spacial score (nSPS) is 10.3. The highest BCUT2D eigenvalue weighted by Crippen LogP contribution is 2.19. The zero-order valence-corrected chi connectivity index (χ0v) is 9.05. The van der Waals surface area contributed by atoms with Gasteiger partial charge >= 0.3 is 0 Å². The summed E-state index contributed by atoms with van der Waals surface area (Å²) in [4.78, 5) is 14.9. The van der Waals surface area contributed by atoms with Crippen molar-refractivity contribution in [3.8, 4) is 6.07 Å². The first-order chi connectivity index (χ1) is 8.11. The minimum Gasteiger partial charge on any atom is -0.370 e. The number of nitrogen functional groups attached to an aromatic ring is 1. The molecule has 17 heavy (non-hydrogen) atoms. The third kappa shape index (κ3) is 2.03. The van der Waals surface area contributed by atoms with Gasteiger partial charge in [-0.1, -0.05) is 0 Å². The van der Waals surface area contributed by atoms with Crippen LogP contribution in [0, 0.1) is 11.3 Å². The van der Waals surface area contributed by atoms with Gasteiger partial charge in [0, 0.05) is 13.0 Å². The van der Waals surface area contributed by atoms with E-state index in [-0.39, 0.29) is 6.42 Å². The number of nitrogens with two attached hydrogens (primary N) is 2. The topological polar surface area (TPSA) is 111 Å². The summed E-state index contributed by atoms with van der Waals surface area (Å²) in [5.41, 5.74) is 12.8. The van der Waals surface area contributed by atoms with E-state index in [4.69, 9.17) is 16.7 Å². The smallest absolute Gasteiger partial charge is 0.219 e. The summed E-state index contributed by atoms with van der Waals surface area (Å²) < 4.78 is 1.68.